The van der Waals surface area contributed by atoms with Gasteiger partial charge < -0.3 is 15.7 Å². The highest BCUT2D eigenvalue weighted by Crippen LogP contribution is 1.92. The van der Waals surface area contributed by atoms with Crippen LogP contribution in [0.2, 0.25) is 0 Å². The summed E-state index contributed by atoms with van der Waals surface area (Å²) in [4.78, 5) is 10.0. The van der Waals surface area contributed by atoms with Crippen LogP contribution in [0, 0.1) is 0 Å². The van der Waals surface area contributed by atoms with Crippen molar-refractivity contribution in [2.24, 2.45) is 0 Å². The van der Waals surface area contributed by atoms with Crippen LogP contribution >= 0.6 is 0 Å². The largest absolute Gasteiger partial charge is 0.465 e. The van der Waals surface area contributed by atoms with Crippen molar-refractivity contribution in [3.8, 4) is 0 Å². The van der Waals surface area contributed by atoms with Gasteiger partial charge >= 0.3 is 6.09 Å². The fourth-order valence-corrected chi connectivity index (χ4v) is 1.05. The molecule has 0 unspecified atom stereocenters. The second-order valence-corrected chi connectivity index (χ2v) is 3.04. The van der Waals surface area contributed by atoms with Crippen LogP contribution in [0.5, 0.6) is 0 Å². The molecule has 1 amide bonds. The first kappa shape index (κ1) is 12.2. The van der Waals surface area contributed by atoms with Crippen molar-refractivity contribution >= 4 is 6.09 Å². The Morgan fingerprint density at radius 3 is 2.46 bits per heavy atom. The summed E-state index contributed by atoms with van der Waals surface area (Å²) in [6.07, 6.45) is 3.38. The first-order chi connectivity index (χ1) is 6.27. The third kappa shape index (κ3) is 11.2. The molecule has 0 radical (unpaired) electrons. The third-order valence-corrected chi connectivity index (χ3v) is 1.73. The first-order valence-corrected chi connectivity index (χ1v) is 4.95. The summed E-state index contributed by atoms with van der Waals surface area (Å²) in [6, 6.07) is 0. The molecular weight excluding hydrogens is 168 g/mol. The quantitative estimate of drug-likeness (QED) is 0.505. The lowest BCUT2D eigenvalue weighted by atomic mass is 10.2. The summed E-state index contributed by atoms with van der Waals surface area (Å²) in [6.45, 7) is 4.83. The van der Waals surface area contributed by atoms with E-state index in [2.05, 4.69) is 17.6 Å². The zero-order valence-electron chi connectivity index (χ0n) is 8.31. The van der Waals surface area contributed by atoms with Crippen molar-refractivity contribution in [1.82, 2.24) is 10.6 Å². The number of carboxylic acid groups (broad SMARTS) is 1. The summed E-state index contributed by atoms with van der Waals surface area (Å²) in [5, 5.41) is 13.9. The summed E-state index contributed by atoms with van der Waals surface area (Å²) >= 11 is 0. The van der Waals surface area contributed by atoms with E-state index < -0.39 is 6.09 Å². The number of carbonyl (C=O) groups is 1. The van der Waals surface area contributed by atoms with Crippen molar-refractivity contribution in [2.75, 3.05) is 19.6 Å². The monoisotopic (exact) mass is 188 g/mol. The smallest absolute Gasteiger partial charge is 0.404 e. The molecule has 0 aliphatic rings. The maximum absolute atomic E-state index is 10.0. The Bertz CT molecular complexity index is 129. The summed E-state index contributed by atoms with van der Waals surface area (Å²) in [5.41, 5.74) is 0. The van der Waals surface area contributed by atoms with Gasteiger partial charge in [-0.25, -0.2) is 4.79 Å². The SMILES string of the molecule is CCCNCCCCCNC(=O)O. The van der Waals surface area contributed by atoms with E-state index in [9.17, 15) is 4.79 Å². The van der Waals surface area contributed by atoms with Crippen molar-refractivity contribution in [3.63, 3.8) is 0 Å². The fourth-order valence-electron chi connectivity index (χ4n) is 1.05. The van der Waals surface area contributed by atoms with Gasteiger partial charge in [0, 0.05) is 6.54 Å². The molecule has 13 heavy (non-hydrogen) atoms. The number of hydrogen-bond acceptors (Lipinski definition) is 2. The number of rotatable bonds is 8. The molecule has 0 saturated heterocycles. The van der Waals surface area contributed by atoms with Gasteiger partial charge in [-0.2, -0.15) is 0 Å². The van der Waals surface area contributed by atoms with E-state index in [0.717, 1.165) is 32.4 Å². The van der Waals surface area contributed by atoms with Crippen LogP contribution in [0.3, 0.4) is 0 Å². The normalized spacial score (nSPS) is 9.92. The minimum Gasteiger partial charge on any atom is -0.465 e. The minimum atomic E-state index is -0.927. The van der Waals surface area contributed by atoms with Crippen molar-refractivity contribution < 1.29 is 9.90 Å². The lowest BCUT2D eigenvalue weighted by molar-refractivity contribution is 0.194. The Hall–Kier alpha value is -0.770. The van der Waals surface area contributed by atoms with Gasteiger partial charge in [0.1, 0.15) is 0 Å². The zero-order chi connectivity index (χ0) is 9.94. The molecule has 0 aromatic carbocycles. The van der Waals surface area contributed by atoms with E-state index in [1.807, 2.05) is 0 Å². The number of unbranched alkanes of at least 4 members (excludes halogenated alkanes) is 2. The molecule has 0 aliphatic heterocycles. The summed E-state index contributed by atoms with van der Waals surface area (Å²) < 4.78 is 0. The Balaban J connectivity index is 2.87. The van der Waals surface area contributed by atoms with Crippen molar-refractivity contribution in [2.45, 2.75) is 32.6 Å². The Labute approximate surface area is 79.7 Å². The van der Waals surface area contributed by atoms with Crippen LogP contribution in [0.4, 0.5) is 4.79 Å². The lowest BCUT2D eigenvalue weighted by Crippen LogP contribution is -2.22. The molecular formula is C9H20N2O2. The number of hydrogen-bond donors (Lipinski definition) is 3. The number of nitrogens with one attached hydrogen (secondary N) is 2. The Morgan fingerprint density at radius 2 is 1.85 bits per heavy atom. The molecule has 78 valence electrons. The van der Waals surface area contributed by atoms with Gasteiger partial charge in [0.25, 0.3) is 0 Å². The molecule has 0 rings (SSSR count). The average Bonchev–Trinajstić information content (AvgIpc) is 2.09. The summed E-state index contributed by atoms with van der Waals surface area (Å²) in [7, 11) is 0. The van der Waals surface area contributed by atoms with Gasteiger partial charge in [0.2, 0.25) is 0 Å². The van der Waals surface area contributed by atoms with E-state index in [1.54, 1.807) is 0 Å². The zero-order valence-corrected chi connectivity index (χ0v) is 8.31. The highest BCUT2D eigenvalue weighted by molar-refractivity contribution is 5.64. The van der Waals surface area contributed by atoms with Crippen LogP contribution in [-0.4, -0.2) is 30.8 Å². The van der Waals surface area contributed by atoms with Gasteiger partial charge in [0.05, 0.1) is 0 Å². The predicted molar refractivity (Wildman–Crippen MR) is 53.0 cm³/mol. The molecule has 4 nitrogen and oxygen atoms in total. The van der Waals surface area contributed by atoms with E-state index >= 15 is 0 Å². The van der Waals surface area contributed by atoms with Gasteiger partial charge in [-0.05, 0) is 32.4 Å². The molecule has 0 aromatic heterocycles. The second kappa shape index (κ2) is 9.32. The molecule has 0 spiro atoms. The lowest BCUT2D eigenvalue weighted by Gasteiger charge is -2.02. The van der Waals surface area contributed by atoms with Crippen LogP contribution < -0.4 is 10.6 Å². The van der Waals surface area contributed by atoms with Crippen LogP contribution in [0.15, 0.2) is 0 Å². The molecule has 4 heteroatoms. The highest BCUT2D eigenvalue weighted by Gasteiger charge is 1.92. The van der Waals surface area contributed by atoms with Crippen LogP contribution in [0.25, 0.3) is 0 Å². The highest BCUT2D eigenvalue weighted by atomic mass is 16.4. The average molecular weight is 188 g/mol. The molecule has 0 atom stereocenters. The van der Waals surface area contributed by atoms with Crippen molar-refractivity contribution in [3.05, 3.63) is 0 Å². The topological polar surface area (TPSA) is 61.4 Å². The van der Waals surface area contributed by atoms with E-state index in [-0.39, 0.29) is 0 Å². The molecule has 0 bridgehead atoms. The maximum Gasteiger partial charge on any atom is 0.404 e. The second-order valence-electron chi connectivity index (χ2n) is 3.04. The predicted octanol–water partition coefficient (Wildman–Crippen LogP) is 1.42. The number of amides is 1. The van der Waals surface area contributed by atoms with Gasteiger partial charge in [-0.15, -0.1) is 0 Å². The van der Waals surface area contributed by atoms with Crippen LogP contribution in [-0.2, 0) is 0 Å². The Morgan fingerprint density at radius 1 is 1.15 bits per heavy atom. The van der Waals surface area contributed by atoms with Crippen LogP contribution in [0.1, 0.15) is 32.6 Å². The molecule has 0 aromatic rings. The Kier molecular flexibility index (Phi) is 8.77. The molecule has 0 heterocycles. The van der Waals surface area contributed by atoms with E-state index in [4.69, 9.17) is 5.11 Å². The summed E-state index contributed by atoms with van der Waals surface area (Å²) in [5.74, 6) is 0. The van der Waals surface area contributed by atoms with Crippen molar-refractivity contribution in [1.29, 1.82) is 0 Å². The van der Waals surface area contributed by atoms with Gasteiger partial charge in [-0.1, -0.05) is 13.3 Å². The van der Waals surface area contributed by atoms with E-state index in [0.29, 0.717) is 6.54 Å². The first-order valence-electron chi connectivity index (χ1n) is 4.95. The minimum absolute atomic E-state index is 0.573. The van der Waals surface area contributed by atoms with E-state index in [1.165, 1.54) is 6.42 Å². The molecule has 0 aliphatic carbocycles. The standard InChI is InChI=1S/C9H20N2O2/c1-2-6-10-7-4-3-5-8-11-9(12)13/h10-11H,2-8H2,1H3,(H,12,13). The maximum atomic E-state index is 10.0. The third-order valence-electron chi connectivity index (χ3n) is 1.73. The van der Waals surface area contributed by atoms with Gasteiger partial charge in [0.15, 0.2) is 0 Å². The molecule has 0 saturated carbocycles. The molecule has 0 fully saturated rings. The van der Waals surface area contributed by atoms with Gasteiger partial charge in [-0.3, -0.25) is 0 Å². The molecule has 3 N–H and O–H groups in total. The fraction of sp³-hybridized carbons (Fsp3) is 0.889.